The van der Waals surface area contributed by atoms with Crippen LogP contribution in [-0.4, -0.2) is 78.9 Å². The minimum absolute atomic E-state index is 0.0115. The fourth-order valence-corrected chi connectivity index (χ4v) is 6.79. The molecule has 0 radical (unpaired) electrons. The van der Waals surface area contributed by atoms with Gasteiger partial charge in [-0.15, -0.1) is 0 Å². The topological polar surface area (TPSA) is 82.1 Å². The van der Waals surface area contributed by atoms with Gasteiger partial charge in [-0.25, -0.2) is 4.79 Å². The molecule has 0 aromatic heterocycles. The summed E-state index contributed by atoms with van der Waals surface area (Å²) in [5.74, 6) is 1.78. The molecule has 0 aromatic carbocycles. The number of hydrogen-bond acceptors (Lipinski definition) is 4. The van der Waals surface area contributed by atoms with Crippen LogP contribution in [-0.2, 0) is 9.53 Å². The van der Waals surface area contributed by atoms with E-state index in [1.807, 2.05) is 4.90 Å². The van der Waals surface area contributed by atoms with Crippen LogP contribution in [0.2, 0.25) is 0 Å². The molecule has 5 fully saturated rings. The Kier molecular flexibility index (Phi) is 5.58. The molecule has 5 rings (SSSR count). The Balaban J connectivity index is 1.31. The Labute approximate surface area is 167 Å². The molecule has 2 atom stereocenters. The molecule has 4 aliphatic carbocycles. The summed E-state index contributed by atoms with van der Waals surface area (Å²) in [6.07, 6.45) is 7.95. The van der Waals surface area contributed by atoms with Crippen molar-refractivity contribution in [2.24, 2.45) is 23.2 Å². The highest BCUT2D eigenvalue weighted by Gasteiger charge is 2.53. The predicted molar refractivity (Wildman–Crippen MR) is 105 cm³/mol. The van der Waals surface area contributed by atoms with Gasteiger partial charge in [0.05, 0.1) is 19.3 Å². The molecule has 158 valence electrons. The summed E-state index contributed by atoms with van der Waals surface area (Å²) in [5, 5.41) is 12.2. The van der Waals surface area contributed by atoms with Gasteiger partial charge in [-0.3, -0.25) is 9.69 Å². The van der Waals surface area contributed by atoms with Gasteiger partial charge in [-0.2, -0.15) is 0 Å². The zero-order valence-corrected chi connectivity index (χ0v) is 17.2. The largest absolute Gasteiger partial charge is 0.480 e. The minimum Gasteiger partial charge on any atom is -0.480 e. The SMILES string of the molecule is CC(NC(=O)N1CCOC(CN(C)CC(=O)O)C1)C12CC3CC(CC(C3)C1)C2. The van der Waals surface area contributed by atoms with Gasteiger partial charge < -0.3 is 20.1 Å². The van der Waals surface area contributed by atoms with E-state index in [9.17, 15) is 9.59 Å². The number of ether oxygens (including phenoxy) is 1. The fourth-order valence-electron chi connectivity index (χ4n) is 6.79. The van der Waals surface area contributed by atoms with Gasteiger partial charge >= 0.3 is 12.0 Å². The number of morpholine rings is 1. The van der Waals surface area contributed by atoms with Crippen LogP contribution in [0.4, 0.5) is 4.79 Å². The lowest BCUT2D eigenvalue weighted by molar-refractivity contribution is -0.138. The summed E-state index contributed by atoms with van der Waals surface area (Å²) >= 11 is 0. The van der Waals surface area contributed by atoms with Gasteiger partial charge in [-0.1, -0.05) is 0 Å². The first-order valence-corrected chi connectivity index (χ1v) is 10.9. The standard InChI is InChI=1S/C21H35N3O4/c1-14(21-8-15-5-16(9-21)7-17(6-15)10-21)22-20(27)24-3-4-28-18(12-24)11-23(2)13-19(25)26/h14-18H,3-13H2,1-2H3,(H,22,27)(H,25,26). The number of carbonyl (C=O) groups is 2. The number of carboxylic acid groups (broad SMARTS) is 1. The monoisotopic (exact) mass is 393 g/mol. The number of carboxylic acids is 1. The number of urea groups is 1. The molecule has 5 aliphatic rings. The van der Waals surface area contributed by atoms with Crippen LogP contribution >= 0.6 is 0 Å². The maximum absolute atomic E-state index is 13.0. The molecule has 2 unspecified atom stereocenters. The van der Waals surface area contributed by atoms with Crippen molar-refractivity contribution < 1.29 is 19.4 Å². The highest BCUT2D eigenvalue weighted by atomic mass is 16.5. The van der Waals surface area contributed by atoms with Crippen molar-refractivity contribution >= 4 is 12.0 Å². The number of amides is 2. The van der Waals surface area contributed by atoms with E-state index in [0.717, 1.165) is 17.8 Å². The lowest BCUT2D eigenvalue weighted by Gasteiger charge is -2.59. The molecular weight excluding hydrogens is 358 g/mol. The van der Waals surface area contributed by atoms with Crippen molar-refractivity contribution in [1.29, 1.82) is 0 Å². The molecular formula is C21H35N3O4. The Morgan fingerprint density at radius 2 is 1.82 bits per heavy atom. The Morgan fingerprint density at radius 3 is 2.39 bits per heavy atom. The van der Waals surface area contributed by atoms with Crippen LogP contribution in [0.1, 0.15) is 45.4 Å². The number of hydrogen-bond donors (Lipinski definition) is 2. The molecule has 1 saturated heterocycles. The summed E-state index contributed by atoms with van der Waals surface area (Å²) < 4.78 is 5.76. The first kappa shape index (κ1) is 20.0. The van der Waals surface area contributed by atoms with E-state index < -0.39 is 5.97 Å². The second-order valence-corrected chi connectivity index (χ2v) is 9.98. The smallest absolute Gasteiger partial charge is 0.317 e. The van der Waals surface area contributed by atoms with Gasteiger partial charge in [0.25, 0.3) is 0 Å². The maximum atomic E-state index is 13.0. The molecule has 2 N–H and O–H groups in total. The second-order valence-electron chi connectivity index (χ2n) is 9.98. The lowest BCUT2D eigenvalue weighted by atomic mass is 9.48. The van der Waals surface area contributed by atoms with Crippen molar-refractivity contribution in [1.82, 2.24) is 15.1 Å². The van der Waals surface area contributed by atoms with Crippen molar-refractivity contribution in [3.63, 3.8) is 0 Å². The highest BCUT2D eigenvalue weighted by molar-refractivity contribution is 5.74. The van der Waals surface area contributed by atoms with Crippen LogP contribution in [0.25, 0.3) is 0 Å². The van der Waals surface area contributed by atoms with Crippen LogP contribution in [0.3, 0.4) is 0 Å². The molecule has 7 heteroatoms. The van der Waals surface area contributed by atoms with E-state index in [0.29, 0.717) is 31.7 Å². The van der Waals surface area contributed by atoms with Crippen LogP contribution in [0.5, 0.6) is 0 Å². The third-order valence-electron chi connectivity index (χ3n) is 7.69. The lowest BCUT2D eigenvalue weighted by Crippen LogP contribution is -2.59. The number of carbonyl (C=O) groups excluding carboxylic acids is 1. The molecule has 4 bridgehead atoms. The first-order valence-electron chi connectivity index (χ1n) is 10.9. The normalized spacial score (nSPS) is 37.9. The van der Waals surface area contributed by atoms with E-state index in [-0.39, 0.29) is 24.7 Å². The summed E-state index contributed by atoms with van der Waals surface area (Å²) in [6.45, 7) is 4.33. The number of likely N-dealkylation sites (N-methyl/N-ethyl adjacent to an activating group) is 1. The van der Waals surface area contributed by atoms with Crippen molar-refractivity contribution in [2.75, 3.05) is 39.8 Å². The fraction of sp³-hybridized carbons (Fsp3) is 0.905. The summed E-state index contributed by atoms with van der Waals surface area (Å²) in [5.41, 5.74) is 0.303. The third kappa shape index (κ3) is 4.15. The quantitative estimate of drug-likeness (QED) is 0.721. The van der Waals surface area contributed by atoms with Gasteiger partial charge in [0.15, 0.2) is 0 Å². The van der Waals surface area contributed by atoms with Crippen molar-refractivity contribution in [3.8, 4) is 0 Å². The van der Waals surface area contributed by atoms with Crippen LogP contribution < -0.4 is 5.32 Å². The number of rotatable bonds is 6. The highest BCUT2D eigenvalue weighted by Crippen LogP contribution is 2.61. The van der Waals surface area contributed by atoms with Gasteiger partial charge in [-0.05, 0) is 75.7 Å². The molecule has 0 aromatic rings. The second kappa shape index (κ2) is 7.82. The van der Waals surface area contributed by atoms with E-state index >= 15 is 0 Å². The van der Waals surface area contributed by atoms with Crippen molar-refractivity contribution in [3.05, 3.63) is 0 Å². The maximum Gasteiger partial charge on any atom is 0.317 e. The molecule has 7 nitrogen and oxygen atoms in total. The zero-order chi connectivity index (χ0) is 19.9. The van der Waals surface area contributed by atoms with E-state index in [4.69, 9.17) is 9.84 Å². The first-order chi connectivity index (χ1) is 13.3. The Morgan fingerprint density at radius 1 is 1.21 bits per heavy atom. The van der Waals surface area contributed by atoms with E-state index in [1.54, 1.807) is 11.9 Å². The Hall–Kier alpha value is -1.34. The predicted octanol–water partition coefficient (Wildman–Crippen LogP) is 2.02. The Bertz CT molecular complexity index is 575. The molecule has 1 heterocycles. The van der Waals surface area contributed by atoms with E-state index in [2.05, 4.69) is 12.2 Å². The average molecular weight is 394 g/mol. The summed E-state index contributed by atoms with van der Waals surface area (Å²) in [7, 11) is 1.77. The molecule has 2 amide bonds. The summed E-state index contributed by atoms with van der Waals surface area (Å²) in [4.78, 5) is 27.4. The molecule has 1 aliphatic heterocycles. The molecule has 0 spiro atoms. The van der Waals surface area contributed by atoms with Crippen LogP contribution in [0.15, 0.2) is 0 Å². The minimum atomic E-state index is -0.850. The zero-order valence-electron chi connectivity index (χ0n) is 17.2. The molecule has 28 heavy (non-hydrogen) atoms. The third-order valence-corrected chi connectivity index (χ3v) is 7.69. The van der Waals surface area contributed by atoms with Gasteiger partial charge in [0.2, 0.25) is 0 Å². The number of nitrogens with zero attached hydrogens (tertiary/aromatic N) is 2. The molecule has 4 saturated carbocycles. The number of nitrogens with one attached hydrogen (secondary N) is 1. The van der Waals surface area contributed by atoms with Gasteiger partial charge in [0, 0.05) is 25.7 Å². The average Bonchev–Trinajstić information content (AvgIpc) is 2.60. The van der Waals surface area contributed by atoms with Crippen molar-refractivity contribution in [2.45, 2.75) is 57.6 Å². The van der Waals surface area contributed by atoms with E-state index in [1.165, 1.54) is 38.5 Å². The number of aliphatic carboxylic acids is 1. The summed E-state index contributed by atoms with van der Waals surface area (Å²) in [6, 6.07) is 0.224. The van der Waals surface area contributed by atoms with Gasteiger partial charge in [0.1, 0.15) is 0 Å². The van der Waals surface area contributed by atoms with Crippen LogP contribution in [0, 0.1) is 23.2 Å².